The molecule has 3 atom stereocenters. The Morgan fingerprint density at radius 1 is 1.25 bits per heavy atom. The SMILES string of the molecule is CCCC(COC)N1CC(CC(C)C)NCC1C(C)C. The molecule has 0 radical (unpaired) electrons. The summed E-state index contributed by atoms with van der Waals surface area (Å²) < 4.78 is 5.49. The molecule has 0 spiro atoms. The van der Waals surface area contributed by atoms with Gasteiger partial charge in [0.05, 0.1) is 6.61 Å². The Balaban J connectivity index is 2.75. The van der Waals surface area contributed by atoms with Gasteiger partial charge in [0.25, 0.3) is 0 Å². The van der Waals surface area contributed by atoms with E-state index in [0.29, 0.717) is 24.0 Å². The van der Waals surface area contributed by atoms with Crippen molar-refractivity contribution in [2.45, 2.75) is 72.0 Å². The first kappa shape index (κ1) is 17.9. The van der Waals surface area contributed by atoms with E-state index >= 15 is 0 Å². The maximum Gasteiger partial charge on any atom is 0.0618 e. The summed E-state index contributed by atoms with van der Waals surface area (Å²) in [6.45, 7) is 14.8. The first-order valence-corrected chi connectivity index (χ1v) is 8.47. The quantitative estimate of drug-likeness (QED) is 0.741. The van der Waals surface area contributed by atoms with Gasteiger partial charge in [-0.1, -0.05) is 41.0 Å². The number of methoxy groups -OCH3 is 1. The van der Waals surface area contributed by atoms with Crippen LogP contribution >= 0.6 is 0 Å². The first-order valence-electron chi connectivity index (χ1n) is 8.47. The summed E-state index contributed by atoms with van der Waals surface area (Å²) >= 11 is 0. The van der Waals surface area contributed by atoms with Crippen molar-refractivity contribution < 1.29 is 4.74 Å². The summed E-state index contributed by atoms with van der Waals surface area (Å²) in [7, 11) is 1.83. The average Bonchev–Trinajstić information content (AvgIpc) is 2.37. The van der Waals surface area contributed by atoms with Crippen molar-refractivity contribution in [2.24, 2.45) is 11.8 Å². The van der Waals surface area contributed by atoms with Crippen LogP contribution in [-0.4, -0.2) is 49.8 Å². The number of nitrogens with one attached hydrogen (secondary N) is 1. The molecule has 3 nitrogen and oxygen atoms in total. The average molecular weight is 284 g/mol. The Hall–Kier alpha value is -0.120. The molecule has 0 bridgehead atoms. The fourth-order valence-corrected chi connectivity index (χ4v) is 3.50. The molecule has 1 heterocycles. The molecule has 0 amide bonds. The second kappa shape index (κ2) is 9.01. The molecule has 0 aromatic heterocycles. The fraction of sp³-hybridized carbons (Fsp3) is 1.00. The third-order valence-corrected chi connectivity index (χ3v) is 4.45. The van der Waals surface area contributed by atoms with Gasteiger partial charge in [-0.05, 0) is 24.7 Å². The zero-order chi connectivity index (χ0) is 15.1. The minimum Gasteiger partial charge on any atom is -0.383 e. The van der Waals surface area contributed by atoms with Gasteiger partial charge in [0.2, 0.25) is 0 Å². The van der Waals surface area contributed by atoms with Crippen LogP contribution in [0.15, 0.2) is 0 Å². The van der Waals surface area contributed by atoms with Crippen LogP contribution in [0.4, 0.5) is 0 Å². The molecule has 3 unspecified atom stereocenters. The minimum absolute atomic E-state index is 0.578. The van der Waals surface area contributed by atoms with Gasteiger partial charge in [0.15, 0.2) is 0 Å². The number of hydrogen-bond donors (Lipinski definition) is 1. The van der Waals surface area contributed by atoms with E-state index < -0.39 is 0 Å². The zero-order valence-corrected chi connectivity index (χ0v) is 14.5. The van der Waals surface area contributed by atoms with Gasteiger partial charge >= 0.3 is 0 Å². The Labute approximate surface area is 126 Å². The molecule has 0 aliphatic carbocycles. The molecule has 1 rings (SSSR count). The lowest BCUT2D eigenvalue weighted by molar-refractivity contribution is 0.0102. The number of nitrogens with zero attached hydrogens (tertiary/aromatic N) is 1. The molecule has 1 saturated heterocycles. The lowest BCUT2D eigenvalue weighted by Crippen LogP contribution is -2.62. The second-order valence-electron chi connectivity index (χ2n) is 7.14. The Bertz CT molecular complexity index is 249. The molecule has 0 aromatic rings. The fourth-order valence-electron chi connectivity index (χ4n) is 3.50. The van der Waals surface area contributed by atoms with Crippen LogP contribution in [0.25, 0.3) is 0 Å². The molecule has 20 heavy (non-hydrogen) atoms. The van der Waals surface area contributed by atoms with Crippen LogP contribution in [-0.2, 0) is 4.74 Å². The van der Waals surface area contributed by atoms with Crippen molar-refractivity contribution in [3.8, 4) is 0 Å². The van der Waals surface area contributed by atoms with E-state index in [0.717, 1.165) is 19.1 Å². The van der Waals surface area contributed by atoms with Crippen molar-refractivity contribution >= 4 is 0 Å². The predicted molar refractivity (Wildman–Crippen MR) is 87.1 cm³/mol. The molecule has 0 aromatic carbocycles. The largest absolute Gasteiger partial charge is 0.383 e. The monoisotopic (exact) mass is 284 g/mol. The van der Waals surface area contributed by atoms with Gasteiger partial charge in [-0.25, -0.2) is 0 Å². The normalized spacial score (nSPS) is 26.4. The highest BCUT2D eigenvalue weighted by Crippen LogP contribution is 2.23. The van der Waals surface area contributed by atoms with Crippen LogP contribution in [0.5, 0.6) is 0 Å². The number of rotatable bonds is 8. The predicted octanol–water partition coefficient (Wildman–Crippen LogP) is 3.15. The topological polar surface area (TPSA) is 24.5 Å². The van der Waals surface area contributed by atoms with E-state index in [9.17, 15) is 0 Å². The maximum atomic E-state index is 5.49. The molecule has 3 heteroatoms. The van der Waals surface area contributed by atoms with Gasteiger partial charge in [0, 0.05) is 38.3 Å². The highest BCUT2D eigenvalue weighted by Gasteiger charge is 2.34. The van der Waals surface area contributed by atoms with E-state index in [-0.39, 0.29) is 0 Å². The Morgan fingerprint density at radius 3 is 2.45 bits per heavy atom. The Kier molecular flexibility index (Phi) is 8.08. The molecular weight excluding hydrogens is 248 g/mol. The second-order valence-corrected chi connectivity index (χ2v) is 7.14. The third-order valence-electron chi connectivity index (χ3n) is 4.45. The lowest BCUT2D eigenvalue weighted by atomic mass is 9.92. The maximum absolute atomic E-state index is 5.49. The van der Waals surface area contributed by atoms with E-state index in [4.69, 9.17) is 4.74 Å². The number of piperazine rings is 1. The van der Waals surface area contributed by atoms with Crippen molar-refractivity contribution in [3.63, 3.8) is 0 Å². The van der Waals surface area contributed by atoms with Crippen LogP contribution in [0, 0.1) is 11.8 Å². The molecule has 1 aliphatic heterocycles. The summed E-state index contributed by atoms with van der Waals surface area (Å²) in [5.74, 6) is 1.45. The number of ether oxygens (including phenoxy) is 1. The molecular formula is C17H36N2O. The van der Waals surface area contributed by atoms with E-state index in [1.807, 2.05) is 7.11 Å². The summed E-state index contributed by atoms with van der Waals surface area (Å²) in [6.07, 6.45) is 3.75. The smallest absolute Gasteiger partial charge is 0.0618 e. The van der Waals surface area contributed by atoms with Crippen molar-refractivity contribution in [1.82, 2.24) is 10.2 Å². The van der Waals surface area contributed by atoms with Crippen LogP contribution in [0.2, 0.25) is 0 Å². The molecule has 120 valence electrons. The van der Waals surface area contributed by atoms with Gasteiger partial charge in [-0.15, -0.1) is 0 Å². The van der Waals surface area contributed by atoms with E-state index in [1.54, 1.807) is 0 Å². The van der Waals surface area contributed by atoms with Crippen LogP contribution in [0.3, 0.4) is 0 Å². The third kappa shape index (κ3) is 5.34. The molecule has 1 fully saturated rings. The minimum atomic E-state index is 0.578. The van der Waals surface area contributed by atoms with E-state index in [1.165, 1.54) is 25.8 Å². The lowest BCUT2D eigenvalue weighted by Gasteiger charge is -2.46. The molecule has 0 saturated carbocycles. The van der Waals surface area contributed by atoms with Crippen molar-refractivity contribution in [1.29, 1.82) is 0 Å². The summed E-state index contributed by atoms with van der Waals surface area (Å²) in [4.78, 5) is 2.74. The number of hydrogen-bond acceptors (Lipinski definition) is 3. The highest BCUT2D eigenvalue weighted by atomic mass is 16.5. The van der Waals surface area contributed by atoms with Gasteiger partial charge in [0.1, 0.15) is 0 Å². The van der Waals surface area contributed by atoms with Crippen molar-refractivity contribution in [3.05, 3.63) is 0 Å². The zero-order valence-electron chi connectivity index (χ0n) is 14.5. The Morgan fingerprint density at radius 2 is 1.95 bits per heavy atom. The summed E-state index contributed by atoms with van der Waals surface area (Å²) in [5.41, 5.74) is 0. The van der Waals surface area contributed by atoms with Crippen molar-refractivity contribution in [2.75, 3.05) is 26.8 Å². The molecule has 1 aliphatic rings. The standard InChI is InChI=1S/C17H36N2O/c1-7-8-16(12-20-6)19-11-15(9-13(2)3)18-10-17(19)14(4)5/h13-18H,7-12H2,1-6H3. The first-order chi connectivity index (χ1) is 9.49. The summed E-state index contributed by atoms with van der Waals surface area (Å²) in [5, 5.41) is 3.77. The highest BCUT2D eigenvalue weighted by molar-refractivity contribution is 4.91. The van der Waals surface area contributed by atoms with Gasteiger partial charge in [-0.3, -0.25) is 4.90 Å². The van der Waals surface area contributed by atoms with Gasteiger partial charge < -0.3 is 10.1 Å². The van der Waals surface area contributed by atoms with Gasteiger partial charge in [-0.2, -0.15) is 0 Å². The van der Waals surface area contributed by atoms with Crippen LogP contribution in [0.1, 0.15) is 53.9 Å². The summed E-state index contributed by atoms with van der Waals surface area (Å²) in [6, 6.07) is 1.86. The molecule has 1 N–H and O–H groups in total. The van der Waals surface area contributed by atoms with Crippen LogP contribution < -0.4 is 5.32 Å². The van der Waals surface area contributed by atoms with E-state index in [2.05, 4.69) is 44.8 Å².